The number of fused-ring (bicyclic) bond motifs is 1. The van der Waals surface area contributed by atoms with Crippen molar-refractivity contribution in [3.8, 4) is 17.3 Å². The van der Waals surface area contributed by atoms with Crippen LogP contribution in [0.3, 0.4) is 0 Å². The van der Waals surface area contributed by atoms with Crippen LogP contribution < -0.4 is 10.1 Å². The maximum atomic E-state index is 13.4. The van der Waals surface area contributed by atoms with Crippen molar-refractivity contribution < 1.29 is 13.5 Å². The number of furan rings is 1. The van der Waals surface area contributed by atoms with Crippen LogP contribution in [0.15, 0.2) is 59.3 Å². The molecule has 0 aliphatic carbocycles. The standard InChI is InChI=1S/C19H13ClFN3O2/c1-25-18-7-6-17(26-18)11-2-5-16-13(8-11)19(23-10-22-16)24-12-3-4-15(21)14(20)9-12/h2-10H,1H3,(H,22,23,24). The van der Waals surface area contributed by atoms with Gasteiger partial charge in [-0.3, -0.25) is 0 Å². The molecule has 7 heteroatoms. The highest BCUT2D eigenvalue weighted by atomic mass is 35.5. The van der Waals surface area contributed by atoms with E-state index in [0.29, 0.717) is 23.2 Å². The van der Waals surface area contributed by atoms with E-state index in [1.807, 2.05) is 24.3 Å². The van der Waals surface area contributed by atoms with E-state index < -0.39 is 5.82 Å². The number of aromatic nitrogens is 2. The predicted molar refractivity (Wildman–Crippen MR) is 98.5 cm³/mol. The van der Waals surface area contributed by atoms with Crippen molar-refractivity contribution in [3.63, 3.8) is 0 Å². The van der Waals surface area contributed by atoms with Gasteiger partial charge < -0.3 is 14.5 Å². The average molecular weight is 370 g/mol. The molecule has 0 atom stereocenters. The molecule has 0 amide bonds. The summed E-state index contributed by atoms with van der Waals surface area (Å²) in [6.07, 6.45) is 1.46. The first-order chi connectivity index (χ1) is 12.6. The van der Waals surface area contributed by atoms with Gasteiger partial charge in [-0.15, -0.1) is 0 Å². The van der Waals surface area contributed by atoms with Crippen molar-refractivity contribution in [3.05, 3.63) is 65.7 Å². The van der Waals surface area contributed by atoms with E-state index >= 15 is 0 Å². The Bertz CT molecular complexity index is 1100. The molecule has 0 spiro atoms. The third-order valence-electron chi connectivity index (χ3n) is 3.88. The zero-order valence-electron chi connectivity index (χ0n) is 13.7. The lowest BCUT2D eigenvalue weighted by Crippen LogP contribution is -1.96. The van der Waals surface area contributed by atoms with Crippen LogP contribution in [-0.4, -0.2) is 17.1 Å². The molecular formula is C19H13ClFN3O2. The Labute approximate surface area is 153 Å². The summed E-state index contributed by atoms with van der Waals surface area (Å²) in [5.41, 5.74) is 2.25. The summed E-state index contributed by atoms with van der Waals surface area (Å²) in [7, 11) is 1.55. The van der Waals surface area contributed by atoms with Crippen LogP contribution in [0.4, 0.5) is 15.9 Å². The number of ether oxygens (including phenoxy) is 1. The van der Waals surface area contributed by atoms with Crippen LogP contribution in [0.2, 0.25) is 5.02 Å². The van der Waals surface area contributed by atoms with E-state index in [1.54, 1.807) is 19.2 Å². The Morgan fingerprint density at radius 1 is 1.08 bits per heavy atom. The summed E-state index contributed by atoms with van der Waals surface area (Å²) in [6.45, 7) is 0. The van der Waals surface area contributed by atoms with Crippen molar-refractivity contribution >= 4 is 34.0 Å². The number of nitrogens with zero attached hydrogens (tertiary/aromatic N) is 2. The lowest BCUT2D eigenvalue weighted by atomic mass is 10.1. The molecule has 4 rings (SSSR count). The quantitative estimate of drug-likeness (QED) is 0.519. The number of hydrogen-bond donors (Lipinski definition) is 1. The first-order valence-electron chi connectivity index (χ1n) is 7.75. The molecule has 2 heterocycles. The second-order valence-electron chi connectivity index (χ2n) is 5.53. The molecule has 2 aromatic heterocycles. The molecule has 0 radical (unpaired) electrons. The fourth-order valence-electron chi connectivity index (χ4n) is 2.61. The maximum absolute atomic E-state index is 13.4. The third-order valence-corrected chi connectivity index (χ3v) is 4.17. The van der Waals surface area contributed by atoms with E-state index in [0.717, 1.165) is 16.5 Å². The van der Waals surface area contributed by atoms with Gasteiger partial charge in [-0.2, -0.15) is 0 Å². The minimum atomic E-state index is -0.473. The van der Waals surface area contributed by atoms with Crippen molar-refractivity contribution in [1.29, 1.82) is 0 Å². The Kier molecular flexibility index (Phi) is 4.18. The number of benzene rings is 2. The van der Waals surface area contributed by atoms with Crippen molar-refractivity contribution in [2.45, 2.75) is 0 Å². The Morgan fingerprint density at radius 2 is 1.96 bits per heavy atom. The second-order valence-corrected chi connectivity index (χ2v) is 5.94. The lowest BCUT2D eigenvalue weighted by Gasteiger charge is -2.09. The summed E-state index contributed by atoms with van der Waals surface area (Å²) < 4.78 is 24.0. The number of anilines is 2. The molecule has 1 N–H and O–H groups in total. The minimum Gasteiger partial charge on any atom is -0.468 e. The highest BCUT2D eigenvalue weighted by Crippen LogP contribution is 2.31. The molecule has 0 unspecified atom stereocenters. The van der Waals surface area contributed by atoms with Crippen LogP contribution in [0, 0.1) is 5.82 Å². The normalized spacial score (nSPS) is 10.9. The summed E-state index contributed by atoms with van der Waals surface area (Å²) in [5, 5.41) is 3.98. The maximum Gasteiger partial charge on any atom is 0.284 e. The fourth-order valence-corrected chi connectivity index (χ4v) is 2.79. The zero-order chi connectivity index (χ0) is 18.1. The van der Waals surface area contributed by atoms with Crippen LogP contribution in [0.25, 0.3) is 22.2 Å². The van der Waals surface area contributed by atoms with E-state index in [-0.39, 0.29) is 5.02 Å². The summed E-state index contributed by atoms with van der Waals surface area (Å²) >= 11 is 5.85. The summed E-state index contributed by atoms with van der Waals surface area (Å²) in [5.74, 6) is 1.21. The number of hydrogen-bond acceptors (Lipinski definition) is 5. The van der Waals surface area contributed by atoms with Crippen molar-refractivity contribution in [2.24, 2.45) is 0 Å². The number of rotatable bonds is 4. The van der Waals surface area contributed by atoms with Gasteiger partial charge in [0.15, 0.2) is 0 Å². The molecule has 0 fully saturated rings. The second kappa shape index (κ2) is 6.65. The molecule has 0 aliphatic rings. The number of nitrogens with one attached hydrogen (secondary N) is 1. The predicted octanol–water partition coefficient (Wildman–Crippen LogP) is 5.43. The molecule has 130 valence electrons. The monoisotopic (exact) mass is 369 g/mol. The molecule has 0 saturated heterocycles. The Morgan fingerprint density at radius 3 is 2.73 bits per heavy atom. The SMILES string of the molecule is COc1ccc(-c2ccc3ncnc(Nc4ccc(F)c(Cl)c4)c3c2)o1. The van der Waals surface area contributed by atoms with Gasteiger partial charge in [-0.1, -0.05) is 11.6 Å². The number of halogens is 2. The Balaban J connectivity index is 1.76. The lowest BCUT2D eigenvalue weighted by molar-refractivity contribution is 0.309. The average Bonchev–Trinajstić information content (AvgIpc) is 3.14. The third kappa shape index (κ3) is 3.07. The van der Waals surface area contributed by atoms with E-state index in [4.69, 9.17) is 20.8 Å². The van der Waals surface area contributed by atoms with Gasteiger partial charge in [0.2, 0.25) is 0 Å². The Hall–Kier alpha value is -3.12. The smallest absolute Gasteiger partial charge is 0.284 e. The van der Waals surface area contributed by atoms with Gasteiger partial charge in [-0.25, -0.2) is 14.4 Å². The largest absolute Gasteiger partial charge is 0.468 e. The minimum absolute atomic E-state index is 0.0386. The van der Waals surface area contributed by atoms with Gasteiger partial charge in [-0.05, 0) is 42.5 Å². The van der Waals surface area contributed by atoms with Gasteiger partial charge in [0.1, 0.15) is 23.7 Å². The van der Waals surface area contributed by atoms with E-state index in [9.17, 15) is 4.39 Å². The molecule has 26 heavy (non-hydrogen) atoms. The van der Waals surface area contributed by atoms with E-state index in [1.165, 1.54) is 18.5 Å². The zero-order valence-corrected chi connectivity index (χ0v) is 14.4. The van der Waals surface area contributed by atoms with E-state index in [2.05, 4.69) is 15.3 Å². The molecular weight excluding hydrogens is 357 g/mol. The van der Waals surface area contributed by atoms with Gasteiger partial charge in [0, 0.05) is 22.7 Å². The van der Waals surface area contributed by atoms with Crippen molar-refractivity contribution in [2.75, 3.05) is 12.4 Å². The van der Waals surface area contributed by atoms with Gasteiger partial charge in [0.25, 0.3) is 5.95 Å². The van der Waals surface area contributed by atoms with Crippen LogP contribution >= 0.6 is 11.6 Å². The summed E-state index contributed by atoms with van der Waals surface area (Å²) in [4.78, 5) is 8.57. The van der Waals surface area contributed by atoms with Crippen LogP contribution in [-0.2, 0) is 0 Å². The first kappa shape index (κ1) is 16.4. The van der Waals surface area contributed by atoms with Crippen LogP contribution in [0.1, 0.15) is 0 Å². The number of methoxy groups -OCH3 is 1. The van der Waals surface area contributed by atoms with Gasteiger partial charge >= 0.3 is 0 Å². The highest BCUT2D eigenvalue weighted by Gasteiger charge is 2.10. The molecule has 0 bridgehead atoms. The highest BCUT2D eigenvalue weighted by molar-refractivity contribution is 6.31. The molecule has 0 saturated carbocycles. The molecule has 2 aromatic carbocycles. The molecule has 0 aliphatic heterocycles. The van der Waals surface area contributed by atoms with Crippen LogP contribution in [0.5, 0.6) is 5.95 Å². The van der Waals surface area contributed by atoms with Gasteiger partial charge in [0.05, 0.1) is 17.6 Å². The first-order valence-corrected chi connectivity index (χ1v) is 8.13. The molecule has 5 nitrogen and oxygen atoms in total. The summed E-state index contributed by atoms with van der Waals surface area (Å²) in [6, 6.07) is 13.7. The van der Waals surface area contributed by atoms with Crippen molar-refractivity contribution in [1.82, 2.24) is 9.97 Å². The topological polar surface area (TPSA) is 60.2 Å². The molecule has 4 aromatic rings. The fraction of sp³-hybridized carbons (Fsp3) is 0.0526.